The van der Waals surface area contributed by atoms with Gasteiger partial charge in [-0.2, -0.15) is 0 Å². The lowest BCUT2D eigenvalue weighted by atomic mass is 10.0. The van der Waals surface area contributed by atoms with E-state index >= 15 is 0 Å². The molecule has 5 nitrogen and oxygen atoms in total. The summed E-state index contributed by atoms with van der Waals surface area (Å²) in [5.41, 5.74) is 0.407. The quantitative estimate of drug-likeness (QED) is 0.560. The van der Waals surface area contributed by atoms with Crippen molar-refractivity contribution in [3.05, 3.63) is 35.4 Å². The molecule has 26 heavy (non-hydrogen) atoms. The molecule has 0 unspecified atom stereocenters. The first-order valence-corrected chi connectivity index (χ1v) is 12.3. The van der Waals surface area contributed by atoms with Crippen molar-refractivity contribution in [2.45, 2.75) is 70.2 Å². The molecule has 0 spiro atoms. The molecule has 3 rings (SSSR count). The molecule has 0 atom stereocenters. The van der Waals surface area contributed by atoms with Crippen LogP contribution in [0, 0.1) is 0 Å². The minimum absolute atomic E-state index is 0.0953. The Morgan fingerprint density at radius 1 is 1.04 bits per heavy atom. The Balaban J connectivity index is 1.75. The second kappa shape index (κ2) is 6.58. The minimum atomic E-state index is -1.98. The Morgan fingerprint density at radius 3 is 2.00 bits per heavy atom. The maximum absolute atomic E-state index is 12.5. The molecule has 2 amide bonds. The van der Waals surface area contributed by atoms with Crippen LogP contribution >= 0.6 is 0 Å². The van der Waals surface area contributed by atoms with Crippen LogP contribution in [0.25, 0.3) is 0 Å². The minimum Gasteiger partial charge on any atom is -0.409 e. The normalized spacial score (nSPS) is 20.0. The Bertz CT molecular complexity index is 682. The maximum atomic E-state index is 12.5. The lowest BCUT2D eigenvalue weighted by Crippen LogP contribution is -2.51. The Hall–Kier alpha value is -1.50. The molecule has 1 heterocycles. The van der Waals surface area contributed by atoms with Gasteiger partial charge in [-0.3, -0.25) is 14.4 Å². The summed E-state index contributed by atoms with van der Waals surface area (Å²) in [7, 11) is -1.98. The van der Waals surface area contributed by atoms with Crippen LogP contribution in [0.15, 0.2) is 24.3 Å². The number of hydrogen-bond donors (Lipinski definition) is 0. The van der Waals surface area contributed by atoms with Gasteiger partial charge in [0, 0.05) is 0 Å². The van der Waals surface area contributed by atoms with Crippen LogP contribution in [-0.4, -0.2) is 37.4 Å². The van der Waals surface area contributed by atoms with Gasteiger partial charge in [0.25, 0.3) is 11.8 Å². The number of carbonyl (C=O) groups excluding carboxylic acids is 2. The fraction of sp³-hybridized carbons (Fsp3) is 0.600. The zero-order chi connectivity index (χ0) is 19.2. The monoisotopic (exact) mass is 375 g/mol. The highest BCUT2D eigenvalue weighted by atomic mass is 28.4. The highest BCUT2D eigenvalue weighted by Crippen LogP contribution is 2.44. The lowest BCUT2D eigenvalue weighted by Gasteiger charge is -2.44. The average Bonchev–Trinajstić information content (AvgIpc) is 3.10. The summed E-state index contributed by atoms with van der Waals surface area (Å²) >= 11 is 0. The molecule has 0 bridgehead atoms. The third-order valence-electron chi connectivity index (χ3n) is 6.01. The van der Waals surface area contributed by atoms with E-state index in [4.69, 9.17) is 9.26 Å². The van der Waals surface area contributed by atoms with Gasteiger partial charge in [-0.05, 0) is 43.1 Å². The number of rotatable bonds is 5. The van der Waals surface area contributed by atoms with Crippen LogP contribution in [0.2, 0.25) is 18.1 Å². The fourth-order valence-electron chi connectivity index (χ4n) is 3.46. The van der Waals surface area contributed by atoms with E-state index in [1.165, 1.54) is 0 Å². The SMILES string of the molecule is CC(C)(C)[Si](C)(C)OC1(CON2C(=O)c3ccccc3C2=O)CCCC1. The van der Waals surface area contributed by atoms with Crippen LogP contribution in [0.3, 0.4) is 0 Å². The van der Waals surface area contributed by atoms with Gasteiger partial charge in [0.1, 0.15) is 6.61 Å². The molecule has 0 N–H and O–H groups in total. The summed E-state index contributed by atoms with van der Waals surface area (Å²) in [6.07, 6.45) is 3.98. The number of benzene rings is 1. The highest BCUT2D eigenvalue weighted by Gasteiger charge is 2.47. The molecule has 1 aliphatic heterocycles. The van der Waals surface area contributed by atoms with Crippen LogP contribution in [0.4, 0.5) is 0 Å². The van der Waals surface area contributed by atoms with Gasteiger partial charge < -0.3 is 4.43 Å². The lowest BCUT2D eigenvalue weighted by molar-refractivity contribution is -0.140. The van der Waals surface area contributed by atoms with Gasteiger partial charge in [0.05, 0.1) is 16.7 Å². The molecule has 1 aromatic rings. The van der Waals surface area contributed by atoms with Crippen LogP contribution < -0.4 is 0 Å². The summed E-state index contributed by atoms with van der Waals surface area (Å²) in [4.78, 5) is 30.8. The summed E-state index contributed by atoms with van der Waals surface area (Å²) in [5.74, 6) is -0.767. The highest BCUT2D eigenvalue weighted by molar-refractivity contribution is 6.74. The number of amides is 2. The van der Waals surface area contributed by atoms with E-state index in [-0.39, 0.29) is 23.5 Å². The molecular weight excluding hydrogens is 346 g/mol. The predicted molar refractivity (Wildman–Crippen MR) is 102 cm³/mol. The van der Waals surface area contributed by atoms with Crippen LogP contribution in [-0.2, 0) is 9.26 Å². The molecule has 6 heteroatoms. The van der Waals surface area contributed by atoms with E-state index < -0.39 is 13.9 Å². The van der Waals surface area contributed by atoms with Crippen LogP contribution in [0.5, 0.6) is 0 Å². The molecule has 1 aliphatic carbocycles. The number of imide groups is 1. The van der Waals surface area contributed by atoms with Crippen molar-refractivity contribution in [1.29, 1.82) is 0 Å². The van der Waals surface area contributed by atoms with Crippen molar-refractivity contribution in [2.75, 3.05) is 6.61 Å². The maximum Gasteiger partial charge on any atom is 0.285 e. The first kappa shape index (κ1) is 19.3. The Kier molecular flexibility index (Phi) is 4.88. The number of carbonyl (C=O) groups is 2. The third kappa shape index (κ3) is 3.38. The van der Waals surface area contributed by atoms with Gasteiger partial charge in [0.15, 0.2) is 8.32 Å². The van der Waals surface area contributed by atoms with Gasteiger partial charge >= 0.3 is 0 Å². The van der Waals surface area contributed by atoms with Crippen molar-refractivity contribution in [2.24, 2.45) is 0 Å². The second-order valence-electron chi connectivity index (χ2n) is 8.98. The average molecular weight is 376 g/mol. The van der Waals surface area contributed by atoms with E-state index in [2.05, 4.69) is 33.9 Å². The molecule has 1 fully saturated rings. The third-order valence-corrected chi connectivity index (χ3v) is 10.6. The number of nitrogens with zero attached hydrogens (tertiary/aromatic N) is 1. The molecular formula is C20H29NO4Si. The first-order chi connectivity index (χ1) is 12.1. The number of hydroxylamine groups is 2. The van der Waals surface area contributed by atoms with Gasteiger partial charge in [-0.1, -0.05) is 45.7 Å². The molecule has 142 valence electrons. The summed E-state index contributed by atoms with van der Waals surface area (Å²) < 4.78 is 6.72. The van der Waals surface area contributed by atoms with Crippen molar-refractivity contribution >= 4 is 20.1 Å². The molecule has 0 saturated heterocycles. The molecule has 0 aromatic heterocycles. The van der Waals surface area contributed by atoms with Gasteiger partial charge in [-0.25, -0.2) is 0 Å². The molecule has 1 saturated carbocycles. The van der Waals surface area contributed by atoms with E-state index in [0.29, 0.717) is 11.1 Å². The van der Waals surface area contributed by atoms with Gasteiger partial charge in [0.2, 0.25) is 0 Å². The summed E-state index contributed by atoms with van der Waals surface area (Å²) in [6, 6.07) is 6.84. The number of hydrogen-bond acceptors (Lipinski definition) is 4. The fourth-order valence-corrected chi connectivity index (χ4v) is 5.11. The summed E-state index contributed by atoms with van der Waals surface area (Å²) in [5, 5.41) is 1.01. The smallest absolute Gasteiger partial charge is 0.285 e. The summed E-state index contributed by atoms with van der Waals surface area (Å²) in [6.45, 7) is 11.3. The largest absolute Gasteiger partial charge is 0.409 e. The van der Waals surface area contributed by atoms with E-state index in [9.17, 15) is 9.59 Å². The molecule has 1 aromatic carbocycles. The van der Waals surface area contributed by atoms with E-state index in [1.807, 2.05) is 0 Å². The van der Waals surface area contributed by atoms with Crippen molar-refractivity contribution < 1.29 is 18.9 Å². The van der Waals surface area contributed by atoms with E-state index in [1.54, 1.807) is 24.3 Å². The topological polar surface area (TPSA) is 55.8 Å². The van der Waals surface area contributed by atoms with Gasteiger partial charge in [-0.15, -0.1) is 5.06 Å². The molecule has 2 aliphatic rings. The zero-order valence-electron chi connectivity index (χ0n) is 16.4. The van der Waals surface area contributed by atoms with Crippen molar-refractivity contribution in [3.8, 4) is 0 Å². The second-order valence-corrected chi connectivity index (χ2v) is 13.7. The predicted octanol–water partition coefficient (Wildman–Crippen LogP) is 4.55. The van der Waals surface area contributed by atoms with Crippen molar-refractivity contribution in [3.63, 3.8) is 0 Å². The zero-order valence-corrected chi connectivity index (χ0v) is 17.4. The van der Waals surface area contributed by atoms with E-state index in [0.717, 1.165) is 30.7 Å². The standard InChI is InChI=1S/C20H29NO4Si/c1-19(2,3)26(4,5)25-20(12-8-9-13-20)14-24-21-17(22)15-10-6-7-11-16(15)18(21)23/h6-7,10-11H,8-9,12-14H2,1-5H3. The first-order valence-electron chi connectivity index (χ1n) is 9.37. The molecule has 0 radical (unpaired) electrons. The van der Waals surface area contributed by atoms with Crippen molar-refractivity contribution in [1.82, 2.24) is 5.06 Å². The number of fused-ring (bicyclic) bond motifs is 1. The van der Waals surface area contributed by atoms with Crippen LogP contribution in [0.1, 0.15) is 67.2 Å². The Labute approximate surface area is 156 Å². The Morgan fingerprint density at radius 2 is 1.54 bits per heavy atom.